The molecule has 0 fully saturated rings. The second kappa shape index (κ2) is 6.50. The first-order valence-electron chi connectivity index (χ1n) is 6.57. The summed E-state index contributed by atoms with van der Waals surface area (Å²) in [6, 6.07) is 7.87. The van der Waals surface area contributed by atoms with E-state index in [-0.39, 0.29) is 5.78 Å². The van der Waals surface area contributed by atoms with E-state index < -0.39 is 0 Å². The van der Waals surface area contributed by atoms with Gasteiger partial charge in [-0.1, -0.05) is 25.1 Å². The molecular weight excluding hydrogens is 240 g/mol. The molecule has 0 saturated carbocycles. The van der Waals surface area contributed by atoms with Gasteiger partial charge < -0.3 is 9.72 Å². The van der Waals surface area contributed by atoms with Crippen molar-refractivity contribution in [2.24, 2.45) is 0 Å². The predicted octanol–water partition coefficient (Wildman–Crippen LogP) is 2.32. The number of ether oxygens (including phenoxy) is 1. The number of likely N-dealkylation sites (N-methyl/N-ethyl adjacent to an activating group) is 1. The molecule has 0 unspecified atom stereocenters. The minimum atomic E-state index is 0.149. The quantitative estimate of drug-likeness (QED) is 0.777. The molecule has 0 radical (unpaired) electrons. The number of H-pyrrole nitrogens is 1. The van der Waals surface area contributed by atoms with Gasteiger partial charge in [-0.2, -0.15) is 0 Å². The number of hydrogen-bond donors (Lipinski definition) is 1. The highest BCUT2D eigenvalue weighted by molar-refractivity contribution is 6.08. The largest absolute Gasteiger partial charge is 0.383 e. The Morgan fingerprint density at radius 3 is 2.89 bits per heavy atom. The smallest absolute Gasteiger partial charge is 0.178 e. The van der Waals surface area contributed by atoms with Crippen molar-refractivity contribution in [2.45, 2.75) is 6.92 Å². The lowest BCUT2D eigenvalue weighted by Crippen LogP contribution is -2.32. The van der Waals surface area contributed by atoms with Crippen molar-refractivity contribution < 1.29 is 9.53 Å². The first-order chi connectivity index (χ1) is 9.26. The lowest BCUT2D eigenvalue weighted by atomic mass is 10.1. The molecule has 4 heteroatoms. The van der Waals surface area contributed by atoms with Crippen LogP contribution in [0.3, 0.4) is 0 Å². The van der Waals surface area contributed by atoms with Gasteiger partial charge in [0, 0.05) is 36.3 Å². The molecule has 102 valence electrons. The van der Waals surface area contributed by atoms with Gasteiger partial charge in [0.1, 0.15) is 0 Å². The Morgan fingerprint density at radius 2 is 2.16 bits per heavy atom. The Bertz CT molecular complexity index is 548. The number of rotatable bonds is 7. The molecule has 0 bridgehead atoms. The Balaban J connectivity index is 2.10. The van der Waals surface area contributed by atoms with Gasteiger partial charge in [-0.25, -0.2) is 0 Å². The Labute approximate surface area is 113 Å². The molecule has 0 atom stereocenters. The molecule has 1 aromatic carbocycles. The first kappa shape index (κ1) is 13.8. The minimum absolute atomic E-state index is 0.149. The average Bonchev–Trinajstić information content (AvgIpc) is 2.87. The van der Waals surface area contributed by atoms with Crippen molar-refractivity contribution in [1.29, 1.82) is 0 Å². The normalized spacial score (nSPS) is 11.3. The topological polar surface area (TPSA) is 45.3 Å². The maximum atomic E-state index is 12.3. The fourth-order valence-corrected chi connectivity index (χ4v) is 2.16. The molecular formula is C15H20N2O2. The molecule has 1 heterocycles. The standard InChI is InChI=1S/C15H20N2O2/c1-3-17(8-9-19-2)11-15(18)13-10-16-14-7-5-4-6-12(13)14/h4-7,10,16H,3,8-9,11H2,1-2H3. The van der Waals surface area contributed by atoms with Gasteiger partial charge in [0.25, 0.3) is 0 Å². The van der Waals surface area contributed by atoms with E-state index in [1.807, 2.05) is 24.3 Å². The fraction of sp³-hybridized carbons (Fsp3) is 0.400. The van der Waals surface area contributed by atoms with Gasteiger partial charge in [-0.15, -0.1) is 0 Å². The second-order valence-electron chi connectivity index (χ2n) is 4.53. The molecule has 0 spiro atoms. The molecule has 0 saturated heterocycles. The fourth-order valence-electron chi connectivity index (χ4n) is 2.16. The lowest BCUT2D eigenvalue weighted by molar-refractivity contribution is 0.0903. The number of nitrogens with zero attached hydrogens (tertiary/aromatic N) is 1. The zero-order valence-electron chi connectivity index (χ0n) is 11.5. The maximum absolute atomic E-state index is 12.3. The number of aromatic nitrogens is 1. The zero-order valence-corrected chi connectivity index (χ0v) is 11.5. The highest BCUT2D eigenvalue weighted by Gasteiger charge is 2.14. The van der Waals surface area contributed by atoms with Gasteiger partial charge in [-0.05, 0) is 12.6 Å². The van der Waals surface area contributed by atoms with Gasteiger partial charge in [0.2, 0.25) is 0 Å². The molecule has 19 heavy (non-hydrogen) atoms. The number of Topliss-reactive ketones (excluding diaryl/α,β-unsaturated/α-hetero) is 1. The summed E-state index contributed by atoms with van der Waals surface area (Å²) in [4.78, 5) is 17.6. The van der Waals surface area contributed by atoms with E-state index in [1.54, 1.807) is 13.3 Å². The number of methoxy groups -OCH3 is 1. The first-order valence-corrected chi connectivity index (χ1v) is 6.57. The number of nitrogens with one attached hydrogen (secondary N) is 1. The summed E-state index contributed by atoms with van der Waals surface area (Å²) in [6.45, 7) is 4.76. The summed E-state index contributed by atoms with van der Waals surface area (Å²) in [5.41, 5.74) is 1.78. The average molecular weight is 260 g/mol. The van der Waals surface area contributed by atoms with E-state index >= 15 is 0 Å². The van der Waals surface area contributed by atoms with Gasteiger partial charge in [-0.3, -0.25) is 9.69 Å². The van der Waals surface area contributed by atoms with Crippen LogP contribution >= 0.6 is 0 Å². The van der Waals surface area contributed by atoms with Crippen molar-refractivity contribution >= 4 is 16.7 Å². The molecule has 0 amide bonds. The van der Waals surface area contributed by atoms with Crippen LogP contribution in [0, 0.1) is 0 Å². The van der Waals surface area contributed by atoms with Crippen molar-refractivity contribution in [3.8, 4) is 0 Å². The molecule has 4 nitrogen and oxygen atoms in total. The minimum Gasteiger partial charge on any atom is -0.383 e. The Hall–Kier alpha value is -1.65. The number of carbonyl (C=O) groups is 1. The monoisotopic (exact) mass is 260 g/mol. The molecule has 2 aromatic rings. The third kappa shape index (κ3) is 3.22. The van der Waals surface area contributed by atoms with E-state index in [4.69, 9.17) is 4.74 Å². The molecule has 1 aromatic heterocycles. The van der Waals surface area contributed by atoms with Crippen LogP contribution in [-0.4, -0.2) is 49.0 Å². The van der Waals surface area contributed by atoms with Crippen molar-refractivity contribution in [1.82, 2.24) is 9.88 Å². The third-order valence-electron chi connectivity index (χ3n) is 3.32. The summed E-state index contributed by atoms with van der Waals surface area (Å²) < 4.78 is 5.06. The van der Waals surface area contributed by atoms with Crippen LogP contribution in [0.5, 0.6) is 0 Å². The van der Waals surface area contributed by atoms with E-state index in [1.165, 1.54) is 0 Å². The predicted molar refractivity (Wildman–Crippen MR) is 76.6 cm³/mol. The van der Waals surface area contributed by atoms with Crippen LogP contribution in [-0.2, 0) is 4.74 Å². The van der Waals surface area contributed by atoms with Crippen molar-refractivity contribution in [2.75, 3.05) is 33.4 Å². The lowest BCUT2D eigenvalue weighted by Gasteiger charge is -2.18. The summed E-state index contributed by atoms with van der Waals surface area (Å²) in [5.74, 6) is 0.149. The summed E-state index contributed by atoms with van der Waals surface area (Å²) >= 11 is 0. The van der Waals surface area contributed by atoms with Crippen LogP contribution in [0.4, 0.5) is 0 Å². The summed E-state index contributed by atoms with van der Waals surface area (Å²) in [7, 11) is 1.68. The number of para-hydroxylation sites is 1. The van der Waals surface area contributed by atoms with Crippen LogP contribution in [0.1, 0.15) is 17.3 Å². The zero-order chi connectivity index (χ0) is 13.7. The van der Waals surface area contributed by atoms with E-state index in [0.717, 1.165) is 29.6 Å². The SMILES string of the molecule is CCN(CCOC)CC(=O)c1c[nH]c2ccccc12. The maximum Gasteiger partial charge on any atom is 0.178 e. The number of ketones is 1. The van der Waals surface area contributed by atoms with E-state index in [2.05, 4.69) is 16.8 Å². The van der Waals surface area contributed by atoms with Gasteiger partial charge >= 0.3 is 0 Å². The Kier molecular flexibility index (Phi) is 4.71. The number of carbonyl (C=O) groups excluding carboxylic acids is 1. The molecule has 0 aliphatic rings. The Morgan fingerprint density at radius 1 is 1.37 bits per heavy atom. The summed E-state index contributed by atoms with van der Waals surface area (Å²) in [5, 5.41) is 0.996. The number of fused-ring (bicyclic) bond motifs is 1. The van der Waals surface area contributed by atoms with Gasteiger partial charge in [0.15, 0.2) is 5.78 Å². The number of benzene rings is 1. The van der Waals surface area contributed by atoms with E-state index in [0.29, 0.717) is 13.2 Å². The van der Waals surface area contributed by atoms with Crippen LogP contribution in [0.25, 0.3) is 10.9 Å². The molecule has 0 aliphatic carbocycles. The molecule has 1 N–H and O–H groups in total. The van der Waals surface area contributed by atoms with Crippen LogP contribution in [0.15, 0.2) is 30.5 Å². The van der Waals surface area contributed by atoms with E-state index in [9.17, 15) is 4.79 Å². The molecule has 0 aliphatic heterocycles. The van der Waals surface area contributed by atoms with Crippen molar-refractivity contribution in [3.05, 3.63) is 36.0 Å². The second-order valence-corrected chi connectivity index (χ2v) is 4.53. The van der Waals surface area contributed by atoms with Crippen LogP contribution in [0.2, 0.25) is 0 Å². The highest BCUT2D eigenvalue weighted by atomic mass is 16.5. The van der Waals surface area contributed by atoms with Gasteiger partial charge in [0.05, 0.1) is 13.2 Å². The number of aromatic amines is 1. The van der Waals surface area contributed by atoms with Crippen LogP contribution < -0.4 is 0 Å². The number of hydrogen-bond acceptors (Lipinski definition) is 3. The third-order valence-corrected chi connectivity index (χ3v) is 3.32. The van der Waals surface area contributed by atoms with Crippen molar-refractivity contribution in [3.63, 3.8) is 0 Å². The highest BCUT2D eigenvalue weighted by Crippen LogP contribution is 2.18. The molecule has 2 rings (SSSR count). The summed E-state index contributed by atoms with van der Waals surface area (Å²) in [6.07, 6.45) is 1.80.